The first-order valence-corrected chi connectivity index (χ1v) is 10.6. The summed E-state index contributed by atoms with van der Waals surface area (Å²) in [5.41, 5.74) is 1.25. The number of anilines is 1. The van der Waals surface area contributed by atoms with Crippen LogP contribution >= 0.6 is 12.2 Å². The molecule has 30 heavy (non-hydrogen) atoms. The lowest BCUT2D eigenvalue weighted by Gasteiger charge is -2.13. The van der Waals surface area contributed by atoms with Gasteiger partial charge in [-0.3, -0.25) is 10.1 Å². The minimum absolute atomic E-state index is 0.180. The van der Waals surface area contributed by atoms with Crippen LogP contribution in [0, 0.1) is 5.92 Å². The van der Waals surface area contributed by atoms with Crippen LogP contribution in [-0.2, 0) is 4.74 Å². The summed E-state index contributed by atoms with van der Waals surface area (Å²) in [5, 5.41) is 5.93. The first-order valence-electron chi connectivity index (χ1n) is 10.2. The fourth-order valence-corrected chi connectivity index (χ4v) is 3.14. The van der Waals surface area contributed by atoms with Crippen LogP contribution in [0.3, 0.4) is 0 Å². The van der Waals surface area contributed by atoms with Gasteiger partial charge in [-0.15, -0.1) is 0 Å². The molecular weight excluding hydrogens is 400 g/mol. The number of hydrogen-bond acceptors (Lipinski definition) is 5. The second-order valence-electron chi connectivity index (χ2n) is 7.61. The Balaban J connectivity index is 1.47. The Hall–Kier alpha value is -2.64. The van der Waals surface area contributed by atoms with E-state index in [0.717, 1.165) is 30.9 Å². The Kier molecular flexibility index (Phi) is 8.04. The Labute approximate surface area is 182 Å². The zero-order chi connectivity index (χ0) is 21.3. The molecule has 0 aromatic heterocycles. The molecule has 0 saturated carbocycles. The summed E-state index contributed by atoms with van der Waals surface area (Å²) in [7, 11) is 0. The first kappa shape index (κ1) is 22.1. The van der Waals surface area contributed by atoms with Gasteiger partial charge >= 0.3 is 0 Å². The maximum Gasteiger partial charge on any atom is 0.257 e. The van der Waals surface area contributed by atoms with E-state index in [0.29, 0.717) is 30.4 Å². The molecule has 6 nitrogen and oxygen atoms in total. The summed E-state index contributed by atoms with van der Waals surface area (Å²) in [6.45, 7) is 6.11. The number of thiocarbonyl (C=S) groups is 1. The summed E-state index contributed by atoms with van der Waals surface area (Å²) in [5.74, 6) is 1.55. The third kappa shape index (κ3) is 7.00. The Morgan fingerprint density at radius 2 is 1.97 bits per heavy atom. The number of carbonyl (C=O) groups excluding carboxylic acids is 1. The smallest absolute Gasteiger partial charge is 0.257 e. The van der Waals surface area contributed by atoms with Crippen LogP contribution in [0.15, 0.2) is 48.5 Å². The predicted octanol–water partition coefficient (Wildman–Crippen LogP) is 4.41. The van der Waals surface area contributed by atoms with Gasteiger partial charge in [0.1, 0.15) is 18.1 Å². The number of nitrogens with one attached hydrogen (secondary N) is 2. The second-order valence-corrected chi connectivity index (χ2v) is 8.02. The van der Waals surface area contributed by atoms with Crippen LogP contribution in [0.5, 0.6) is 11.5 Å². The molecule has 1 aliphatic heterocycles. The van der Waals surface area contributed by atoms with Gasteiger partial charge in [0.2, 0.25) is 0 Å². The van der Waals surface area contributed by atoms with Crippen molar-refractivity contribution in [1.82, 2.24) is 5.32 Å². The minimum Gasteiger partial charge on any atom is -0.493 e. The van der Waals surface area contributed by atoms with Gasteiger partial charge in [0.25, 0.3) is 5.91 Å². The fourth-order valence-electron chi connectivity index (χ4n) is 2.93. The number of hydrogen-bond donors (Lipinski definition) is 2. The van der Waals surface area contributed by atoms with Gasteiger partial charge in [-0.25, -0.2) is 0 Å². The average Bonchev–Trinajstić information content (AvgIpc) is 3.25. The number of ether oxygens (including phenoxy) is 3. The molecule has 0 aliphatic carbocycles. The Morgan fingerprint density at radius 1 is 1.17 bits per heavy atom. The predicted molar refractivity (Wildman–Crippen MR) is 121 cm³/mol. The topological polar surface area (TPSA) is 68.8 Å². The number of carbonyl (C=O) groups is 1. The maximum atomic E-state index is 12.5. The number of benzene rings is 2. The van der Waals surface area contributed by atoms with Gasteiger partial charge in [0.05, 0.1) is 12.7 Å². The van der Waals surface area contributed by atoms with E-state index >= 15 is 0 Å². The zero-order valence-corrected chi connectivity index (χ0v) is 18.2. The summed E-state index contributed by atoms with van der Waals surface area (Å²) in [6.07, 6.45) is 2.32. The van der Waals surface area contributed by atoms with Gasteiger partial charge in [-0.2, -0.15) is 0 Å². The van der Waals surface area contributed by atoms with E-state index in [1.807, 2.05) is 30.3 Å². The summed E-state index contributed by atoms with van der Waals surface area (Å²) < 4.78 is 17.0. The highest BCUT2D eigenvalue weighted by Gasteiger charge is 2.16. The highest BCUT2D eigenvalue weighted by atomic mass is 32.1. The van der Waals surface area contributed by atoms with Gasteiger partial charge < -0.3 is 19.5 Å². The molecule has 0 bridgehead atoms. The summed E-state index contributed by atoms with van der Waals surface area (Å²) in [6, 6.07) is 14.5. The second kappa shape index (κ2) is 10.9. The van der Waals surface area contributed by atoms with Crippen molar-refractivity contribution >= 4 is 28.9 Å². The van der Waals surface area contributed by atoms with E-state index in [1.165, 1.54) is 0 Å². The zero-order valence-electron chi connectivity index (χ0n) is 17.4. The molecule has 0 spiro atoms. The number of amides is 1. The van der Waals surface area contributed by atoms with Crippen molar-refractivity contribution in [3.8, 4) is 11.5 Å². The lowest BCUT2D eigenvalue weighted by molar-refractivity contribution is 0.0679. The first-order chi connectivity index (χ1) is 14.5. The molecule has 1 atom stereocenters. The third-order valence-electron chi connectivity index (χ3n) is 4.48. The molecule has 1 saturated heterocycles. The van der Waals surface area contributed by atoms with E-state index in [2.05, 4.69) is 24.5 Å². The van der Waals surface area contributed by atoms with Crippen molar-refractivity contribution < 1.29 is 19.0 Å². The summed E-state index contributed by atoms with van der Waals surface area (Å²) >= 11 is 5.27. The highest BCUT2D eigenvalue weighted by molar-refractivity contribution is 7.80. The lowest BCUT2D eigenvalue weighted by atomic mass is 10.2. The molecule has 1 unspecified atom stereocenters. The van der Waals surface area contributed by atoms with Crippen molar-refractivity contribution in [2.45, 2.75) is 32.8 Å². The van der Waals surface area contributed by atoms with E-state index in [-0.39, 0.29) is 17.1 Å². The van der Waals surface area contributed by atoms with Crippen LogP contribution in [0.4, 0.5) is 5.69 Å². The van der Waals surface area contributed by atoms with Crippen molar-refractivity contribution in [3.63, 3.8) is 0 Å². The highest BCUT2D eigenvalue weighted by Crippen LogP contribution is 2.19. The molecule has 1 aliphatic rings. The molecule has 2 aromatic carbocycles. The van der Waals surface area contributed by atoms with Crippen LogP contribution in [-0.4, -0.2) is 36.9 Å². The van der Waals surface area contributed by atoms with Gasteiger partial charge in [-0.05, 0) is 73.4 Å². The monoisotopic (exact) mass is 428 g/mol. The third-order valence-corrected chi connectivity index (χ3v) is 4.68. The van der Waals surface area contributed by atoms with Crippen LogP contribution < -0.4 is 20.1 Å². The number of rotatable bonds is 8. The quantitative estimate of drug-likeness (QED) is 0.607. The lowest BCUT2D eigenvalue weighted by Crippen LogP contribution is -2.34. The van der Waals surface area contributed by atoms with Crippen LogP contribution in [0.1, 0.15) is 37.0 Å². The molecule has 160 valence electrons. The van der Waals surface area contributed by atoms with Gasteiger partial charge in [0.15, 0.2) is 5.11 Å². The minimum atomic E-state index is -0.293. The SMILES string of the molecule is CC(C)COc1cccc(C(=O)NC(=S)Nc2ccc(OCC3CCCO3)cc2)c1. The van der Waals surface area contributed by atoms with Crippen molar-refractivity contribution in [2.24, 2.45) is 5.92 Å². The standard InChI is InChI=1S/C23H28N2O4S/c1-16(2)14-28-20-6-3-5-17(13-20)22(26)25-23(30)24-18-8-10-19(11-9-18)29-15-21-7-4-12-27-21/h3,5-6,8-11,13,16,21H,4,7,12,14-15H2,1-2H3,(H2,24,25,26,30). The van der Waals surface area contributed by atoms with E-state index < -0.39 is 0 Å². The average molecular weight is 429 g/mol. The Morgan fingerprint density at radius 3 is 2.67 bits per heavy atom. The van der Waals surface area contributed by atoms with Crippen molar-refractivity contribution in [3.05, 3.63) is 54.1 Å². The van der Waals surface area contributed by atoms with E-state index in [4.69, 9.17) is 26.4 Å². The molecule has 1 heterocycles. The molecule has 7 heteroatoms. The Bertz CT molecular complexity index is 849. The maximum absolute atomic E-state index is 12.5. The molecule has 3 rings (SSSR count). The van der Waals surface area contributed by atoms with Crippen LogP contribution in [0.25, 0.3) is 0 Å². The van der Waals surface area contributed by atoms with Crippen LogP contribution in [0.2, 0.25) is 0 Å². The van der Waals surface area contributed by atoms with Gasteiger partial charge in [0, 0.05) is 17.9 Å². The summed E-state index contributed by atoms with van der Waals surface area (Å²) in [4.78, 5) is 12.5. The molecule has 1 fully saturated rings. The molecule has 2 N–H and O–H groups in total. The molecule has 2 aromatic rings. The largest absolute Gasteiger partial charge is 0.493 e. The normalized spacial score (nSPS) is 15.6. The molecule has 1 amide bonds. The van der Waals surface area contributed by atoms with E-state index in [1.54, 1.807) is 18.2 Å². The van der Waals surface area contributed by atoms with E-state index in [9.17, 15) is 4.79 Å². The molecular formula is C23H28N2O4S. The van der Waals surface area contributed by atoms with Crippen molar-refractivity contribution in [2.75, 3.05) is 25.1 Å². The van der Waals surface area contributed by atoms with Crippen molar-refractivity contribution in [1.29, 1.82) is 0 Å². The fraction of sp³-hybridized carbons (Fsp3) is 0.391. The van der Waals surface area contributed by atoms with Gasteiger partial charge in [-0.1, -0.05) is 19.9 Å². The molecule has 0 radical (unpaired) electrons.